The van der Waals surface area contributed by atoms with Crippen LogP contribution < -0.4 is 0 Å². The van der Waals surface area contributed by atoms with E-state index >= 15 is 0 Å². The Morgan fingerprint density at radius 3 is 2.80 bits per heavy atom. The number of pyridine rings is 1. The third-order valence-corrected chi connectivity index (χ3v) is 3.80. The third-order valence-electron chi connectivity index (χ3n) is 3.60. The van der Waals surface area contributed by atoms with Crippen molar-refractivity contribution in [3.8, 4) is 0 Å². The summed E-state index contributed by atoms with van der Waals surface area (Å²) in [6.45, 7) is 1.87. The molecule has 20 heavy (non-hydrogen) atoms. The molecule has 1 saturated heterocycles. The van der Waals surface area contributed by atoms with Gasteiger partial charge < -0.3 is 25.0 Å². The van der Waals surface area contributed by atoms with Gasteiger partial charge in [0.05, 0.1) is 6.61 Å². The highest BCUT2D eigenvalue weighted by Crippen LogP contribution is 2.31. The van der Waals surface area contributed by atoms with Gasteiger partial charge in [-0.2, -0.15) is 0 Å². The van der Waals surface area contributed by atoms with E-state index in [1.807, 2.05) is 13.0 Å². The third kappa shape index (κ3) is 2.19. The number of rotatable bonds is 1. The van der Waals surface area contributed by atoms with E-state index in [1.165, 1.54) is 0 Å². The normalized spacial score (nSPS) is 30.9. The van der Waals surface area contributed by atoms with Gasteiger partial charge in [-0.1, -0.05) is 11.6 Å². The summed E-state index contributed by atoms with van der Waals surface area (Å²) in [5.74, 6) is 0. The molecule has 6 nitrogen and oxygen atoms in total. The molecule has 108 valence electrons. The summed E-state index contributed by atoms with van der Waals surface area (Å²) in [4.78, 5) is 7.21. The van der Waals surface area contributed by atoms with E-state index in [2.05, 4.69) is 9.97 Å². The quantitative estimate of drug-likeness (QED) is 0.580. The summed E-state index contributed by atoms with van der Waals surface area (Å²) >= 11 is 5.91. The highest BCUT2D eigenvalue weighted by molar-refractivity contribution is 6.29. The molecule has 1 aliphatic rings. The second-order valence-electron chi connectivity index (χ2n) is 5.05. The van der Waals surface area contributed by atoms with Crippen LogP contribution in [0.4, 0.5) is 0 Å². The molecule has 1 fully saturated rings. The number of aryl methyl sites for hydroxylation is 1. The van der Waals surface area contributed by atoms with Crippen LogP contribution in [0, 0.1) is 6.92 Å². The number of H-pyrrole nitrogens is 1. The zero-order valence-corrected chi connectivity index (χ0v) is 11.5. The van der Waals surface area contributed by atoms with E-state index < -0.39 is 24.4 Å². The lowest BCUT2D eigenvalue weighted by molar-refractivity contribution is -0.190. The molecular weight excluding hydrogens is 284 g/mol. The molecule has 1 aliphatic heterocycles. The zero-order chi connectivity index (χ0) is 14.4. The topological polar surface area (TPSA) is 98.6 Å². The van der Waals surface area contributed by atoms with Crippen LogP contribution in [0.1, 0.15) is 17.4 Å². The highest BCUT2D eigenvalue weighted by Gasteiger charge is 2.39. The van der Waals surface area contributed by atoms with E-state index in [-0.39, 0.29) is 6.61 Å². The first kappa shape index (κ1) is 13.8. The summed E-state index contributed by atoms with van der Waals surface area (Å²) in [5, 5.41) is 30.4. The first-order valence-corrected chi connectivity index (χ1v) is 6.66. The molecule has 4 N–H and O–H groups in total. The van der Waals surface area contributed by atoms with Gasteiger partial charge in [-0.3, -0.25) is 0 Å². The van der Waals surface area contributed by atoms with Crippen molar-refractivity contribution in [2.24, 2.45) is 0 Å². The van der Waals surface area contributed by atoms with E-state index in [9.17, 15) is 15.3 Å². The molecule has 3 heterocycles. The molecule has 2 aromatic rings. The summed E-state index contributed by atoms with van der Waals surface area (Å²) in [6.07, 6.45) is -4.26. The smallest absolute Gasteiger partial charge is 0.139 e. The number of aromatic nitrogens is 2. The fourth-order valence-electron chi connectivity index (χ4n) is 2.48. The number of nitrogens with one attached hydrogen (secondary N) is 1. The molecule has 0 bridgehead atoms. The van der Waals surface area contributed by atoms with Crippen molar-refractivity contribution < 1.29 is 20.1 Å². The fraction of sp³-hybridized carbons (Fsp3) is 0.462. The van der Waals surface area contributed by atoms with Crippen molar-refractivity contribution in [1.82, 2.24) is 9.97 Å². The Labute approximate surface area is 120 Å². The van der Waals surface area contributed by atoms with Crippen molar-refractivity contribution in [1.29, 1.82) is 0 Å². The number of fused-ring (bicyclic) bond motifs is 1. The average molecular weight is 299 g/mol. The molecule has 0 spiro atoms. The number of ether oxygens (including phenoxy) is 1. The van der Waals surface area contributed by atoms with Gasteiger partial charge in [-0.15, -0.1) is 0 Å². The predicted octanol–water partition coefficient (Wildman–Crippen LogP) is 0.679. The van der Waals surface area contributed by atoms with Gasteiger partial charge in [0.25, 0.3) is 0 Å². The van der Waals surface area contributed by atoms with Crippen LogP contribution in [0.25, 0.3) is 11.0 Å². The van der Waals surface area contributed by atoms with Gasteiger partial charge in [-0.05, 0) is 24.6 Å². The molecule has 0 aromatic carbocycles. The van der Waals surface area contributed by atoms with E-state index in [4.69, 9.17) is 16.3 Å². The fourth-order valence-corrected chi connectivity index (χ4v) is 2.73. The molecule has 1 unspecified atom stereocenters. The lowest BCUT2D eigenvalue weighted by Crippen LogP contribution is -2.49. The summed E-state index contributed by atoms with van der Waals surface area (Å²) < 4.78 is 5.41. The molecule has 0 amide bonds. The molecular formula is C13H15ClN2O4. The number of aliphatic hydroxyl groups excluding tert-OH is 3. The van der Waals surface area contributed by atoms with Crippen molar-refractivity contribution in [3.63, 3.8) is 0 Å². The van der Waals surface area contributed by atoms with Crippen LogP contribution in [-0.2, 0) is 4.74 Å². The molecule has 0 radical (unpaired) electrons. The van der Waals surface area contributed by atoms with Gasteiger partial charge in [0.15, 0.2) is 0 Å². The first-order valence-electron chi connectivity index (χ1n) is 6.29. The number of hydrogen-bond acceptors (Lipinski definition) is 5. The van der Waals surface area contributed by atoms with Crippen molar-refractivity contribution in [2.75, 3.05) is 6.61 Å². The van der Waals surface area contributed by atoms with Crippen LogP contribution in [0.3, 0.4) is 0 Å². The Hall–Kier alpha value is -1.18. The number of aromatic amines is 1. The van der Waals surface area contributed by atoms with Crippen LogP contribution >= 0.6 is 11.6 Å². The van der Waals surface area contributed by atoms with Crippen LogP contribution in [0.2, 0.25) is 5.15 Å². The molecule has 4 atom stereocenters. The van der Waals surface area contributed by atoms with E-state index in [0.29, 0.717) is 16.5 Å². The summed E-state index contributed by atoms with van der Waals surface area (Å²) in [6, 6.07) is 3.56. The maximum Gasteiger partial charge on any atom is 0.139 e. The van der Waals surface area contributed by atoms with Gasteiger partial charge in [-0.25, -0.2) is 4.98 Å². The van der Waals surface area contributed by atoms with E-state index in [1.54, 1.807) is 6.07 Å². The van der Waals surface area contributed by atoms with Crippen molar-refractivity contribution >= 4 is 22.6 Å². The van der Waals surface area contributed by atoms with Gasteiger partial charge in [0.2, 0.25) is 0 Å². The predicted molar refractivity (Wildman–Crippen MR) is 72.6 cm³/mol. The average Bonchev–Trinajstić information content (AvgIpc) is 2.80. The van der Waals surface area contributed by atoms with Crippen molar-refractivity contribution in [3.05, 3.63) is 28.5 Å². The monoisotopic (exact) mass is 298 g/mol. The largest absolute Gasteiger partial charge is 0.388 e. The summed E-state index contributed by atoms with van der Waals surface area (Å²) in [7, 11) is 0. The second-order valence-corrected chi connectivity index (χ2v) is 5.44. The lowest BCUT2D eigenvalue weighted by atomic mass is 9.98. The molecule has 0 aliphatic carbocycles. The van der Waals surface area contributed by atoms with Gasteiger partial charge >= 0.3 is 0 Å². The Balaban J connectivity index is 2.00. The highest BCUT2D eigenvalue weighted by atomic mass is 35.5. The van der Waals surface area contributed by atoms with Crippen LogP contribution in [0.15, 0.2) is 12.1 Å². The first-order chi connectivity index (χ1) is 9.47. The van der Waals surface area contributed by atoms with Gasteiger partial charge in [0, 0.05) is 11.1 Å². The Morgan fingerprint density at radius 1 is 1.30 bits per heavy atom. The number of hydrogen-bond donors (Lipinski definition) is 4. The zero-order valence-electron chi connectivity index (χ0n) is 10.7. The second kappa shape index (κ2) is 4.98. The number of aliphatic hydroxyl groups is 3. The maximum absolute atomic E-state index is 10.0. The lowest BCUT2D eigenvalue weighted by Gasteiger charge is -2.34. The van der Waals surface area contributed by atoms with Crippen LogP contribution in [0.5, 0.6) is 0 Å². The number of nitrogens with zero attached hydrogens (tertiary/aromatic N) is 1. The maximum atomic E-state index is 10.0. The minimum absolute atomic E-state index is 0.0363. The van der Waals surface area contributed by atoms with E-state index in [0.717, 1.165) is 10.9 Å². The summed E-state index contributed by atoms with van der Waals surface area (Å²) in [5.41, 5.74) is 2.14. The SMILES string of the molecule is Cc1cc(Cl)nc2[nH]c(C3OC[C@@H](O)[C@@H](O)[C@@H]3O)cc12. The Kier molecular flexibility index (Phi) is 3.43. The van der Waals surface area contributed by atoms with Crippen molar-refractivity contribution in [2.45, 2.75) is 31.3 Å². The number of halogens is 1. The molecule has 7 heteroatoms. The Morgan fingerprint density at radius 2 is 2.05 bits per heavy atom. The standard InChI is InChI=1S/C13H15ClN2O4/c1-5-2-9(14)16-13-6(5)3-7(15-13)12-11(19)10(18)8(17)4-20-12/h2-3,8,10-12,17-19H,4H2,1H3,(H,15,16)/t8-,10-,11+,12?/m1/s1. The molecule has 0 saturated carbocycles. The Bertz CT molecular complexity index is 645. The molecule has 2 aromatic heterocycles. The molecule has 3 rings (SSSR count). The van der Waals surface area contributed by atoms with Crippen LogP contribution in [-0.4, -0.2) is 50.2 Å². The minimum Gasteiger partial charge on any atom is -0.388 e. The van der Waals surface area contributed by atoms with Gasteiger partial charge in [0.1, 0.15) is 35.2 Å². The minimum atomic E-state index is -1.24.